The zero-order valence-electron chi connectivity index (χ0n) is 13.0. The lowest BCUT2D eigenvalue weighted by Gasteiger charge is -2.23. The Hall–Kier alpha value is -2.89. The van der Waals surface area contributed by atoms with E-state index < -0.39 is 0 Å². The lowest BCUT2D eigenvalue weighted by molar-refractivity contribution is 0.482. The third-order valence-corrected chi connectivity index (χ3v) is 4.62. The molecule has 1 aliphatic rings. The summed E-state index contributed by atoms with van der Waals surface area (Å²) in [6.07, 6.45) is 0. The van der Waals surface area contributed by atoms with Crippen molar-refractivity contribution >= 4 is 17.4 Å². The number of ether oxygens (including phenoxy) is 1. The second-order valence-electron chi connectivity index (χ2n) is 5.18. The standard InChI is InChI=1S/C19H15N3OS/c20-10-11-22(19-14-24-13-15(19)12-21)16-6-8-18(9-7-16)23-17-4-2-1-3-5-17/h1-9H,11,13-14H2. The van der Waals surface area contributed by atoms with Crippen molar-refractivity contribution in [2.75, 3.05) is 23.0 Å². The summed E-state index contributed by atoms with van der Waals surface area (Å²) >= 11 is 1.70. The van der Waals surface area contributed by atoms with Crippen molar-refractivity contribution in [3.8, 4) is 23.6 Å². The van der Waals surface area contributed by atoms with Gasteiger partial charge in [-0.15, -0.1) is 11.8 Å². The van der Waals surface area contributed by atoms with Crippen LogP contribution in [0.2, 0.25) is 0 Å². The molecule has 0 fully saturated rings. The molecule has 0 atom stereocenters. The fraction of sp³-hybridized carbons (Fsp3) is 0.158. The van der Waals surface area contributed by atoms with E-state index >= 15 is 0 Å². The van der Waals surface area contributed by atoms with Gasteiger partial charge in [0.25, 0.3) is 0 Å². The van der Waals surface area contributed by atoms with E-state index in [0.717, 1.165) is 34.2 Å². The molecular weight excluding hydrogens is 318 g/mol. The van der Waals surface area contributed by atoms with Crippen LogP contribution in [0.1, 0.15) is 0 Å². The summed E-state index contributed by atoms with van der Waals surface area (Å²) in [5.74, 6) is 2.98. The fourth-order valence-electron chi connectivity index (χ4n) is 2.49. The van der Waals surface area contributed by atoms with Crippen LogP contribution in [0.25, 0.3) is 0 Å². The molecule has 0 N–H and O–H groups in total. The number of nitriles is 2. The molecule has 3 rings (SSSR count). The molecule has 2 aromatic carbocycles. The number of anilines is 1. The van der Waals surface area contributed by atoms with Crippen LogP contribution in [0.4, 0.5) is 5.69 Å². The summed E-state index contributed by atoms with van der Waals surface area (Å²) in [5, 5.41) is 18.4. The predicted molar refractivity (Wildman–Crippen MR) is 95.9 cm³/mol. The summed E-state index contributed by atoms with van der Waals surface area (Å²) in [6, 6.07) is 21.6. The molecule has 5 heteroatoms. The highest BCUT2D eigenvalue weighted by Gasteiger charge is 2.21. The lowest BCUT2D eigenvalue weighted by Crippen LogP contribution is -2.24. The smallest absolute Gasteiger partial charge is 0.127 e. The topological polar surface area (TPSA) is 60.0 Å². The van der Waals surface area contributed by atoms with Crippen LogP contribution in [0.5, 0.6) is 11.5 Å². The number of hydrogen-bond donors (Lipinski definition) is 0. The average molecular weight is 333 g/mol. The average Bonchev–Trinajstić information content (AvgIpc) is 3.10. The number of hydrogen-bond acceptors (Lipinski definition) is 5. The second kappa shape index (κ2) is 7.59. The highest BCUT2D eigenvalue weighted by molar-refractivity contribution is 7.99. The number of nitrogens with zero attached hydrogens (tertiary/aromatic N) is 3. The van der Waals surface area contributed by atoms with Crippen LogP contribution in [0.15, 0.2) is 65.9 Å². The van der Waals surface area contributed by atoms with Crippen LogP contribution >= 0.6 is 11.8 Å². The summed E-state index contributed by atoms with van der Waals surface area (Å²) in [6.45, 7) is 0.222. The summed E-state index contributed by atoms with van der Waals surface area (Å²) in [4.78, 5) is 1.91. The number of thioether (sulfide) groups is 1. The van der Waals surface area contributed by atoms with Gasteiger partial charge >= 0.3 is 0 Å². The highest BCUT2D eigenvalue weighted by atomic mass is 32.2. The molecule has 0 bridgehead atoms. The Morgan fingerprint density at radius 1 is 0.958 bits per heavy atom. The molecule has 0 unspecified atom stereocenters. The quantitative estimate of drug-likeness (QED) is 0.762. The first kappa shape index (κ1) is 16.0. The summed E-state index contributed by atoms with van der Waals surface area (Å²) in [5.41, 5.74) is 2.57. The van der Waals surface area contributed by atoms with Crippen molar-refractivity contribution in [1.29, 1.82) is 10.5 Å². The SMILES string of the molecule is N#CCN(C1=C(C#N)CSC1)c1ccc(Oc2ccccc2)cc1. The Bertz CT molecular complexity index is 816. The van der Waals surface area contributed by atoms with Crippen molar-refractivity contribution in [3.05, 3.63) is 65.9 Å². The van der Waals surface area contributed by atoms with Crippen LogP contribution < -0.4 is 9.64 Å². The number of para-hydroxylation sites is 1. The molecule has 118 valence electrons. The van der Waals surface area contributed by atoms with Gasteiger partial charge < -0.3 is 9.64 Å². The zero-order valence-corrected chi connectivity index (χ0v) is 13.8. The van der Waals surface area contributed by atoms with E-state index in [2.05, 4.69) is 12.1 Å². The first-order valence-electron chi connectivity index (χ1n) is 7.49. The van der Waals surface area contributed by atoms with E-state index in [1.165, 1.54) is 0 Å². The monoisotopic (exact) mass is 333 g/mol. The predicted octanol–water partition coefficient (Wildman–Crippen LogP) is 4.33. The molecule has 24 heavy (non-hydrogen) atoms. The number of benzene rings is 2. The van der Waals surface area contributed by atoms with Crippen molar-refractivity contribution in [2.24, 2.45) is 0 Å². The largest absolute Gasteiger partial charge is 0.457 e. The van der Waals surface area contributed by atoms with Gasteiger partial charge in [-0.2, -0.15) is 10.5 Å². The van der Waals surface area contributed by atoms with Crippen molar-refractivity contribution < 1.29 is 4.74 Å². The van der Waals surface area contributed by atoms with E-state index in [1.54, 1.807) is 11.8 Å². The van der Waals surface area contributed by atoms with Gasteiger partial charge in [-0.1, -0.05) is 18.2 Å². The van der Waals surface area contributed by atoms with Crippen LogP contribution in [-0.2, 0) is 0 Å². The third kappa shape index (κ3) is 3.53. The molecule has 4 nitrogen and oxygen atoms in total. The Kier molecular flexibility index (Phi) is 5.05. The first-order chi connectivity index (χ1) is 11.8. The van der Waals surface area contributed by atoms with Gasteiger partial charge in [0.1, 0.15) is 18.0 Å². The molecule has 2 aromatic rings. The summed E-state index contributed by atoms with van der Waals surface area (Å²) in [7, 11) is 0. The minimum Gasteiger partial charge on any atom is -0.457 e. The molecule has 0 radical (unpaired) electrons. The third-order valence-electron chi connectivity index (χ3n) is 3.65. The van der Waals surface area contributed by atoms with Crippen molar-refractivity contribution in [1.82, 2.24) is 0 Å². The van der Waals surface area contributed by atoms with Crippen molar-refractivity contribution in [3.63, 3.8) is 0 Å². The van der Waals surface area contributed by atoms with Gasteiger partial charge in [0.2, 0.25) is 0 Å². The van der Waals surface area contributed by atoms with Gasteiger partial charge in [-0.3, -0.25) is 0 Å². The van der Waals surface area contributed by atoms with Gasteiger partial charge in [-0.05, 0) is 36.4 Å². The molecule has 0 aromatic heterocycles. The molecule has 0 saturated heterocycles. The molecule has 1 aliphatic heterocycles. The van der Waals surface area contributed by atoms with Gasteiger partial charge in [0, 0.05) is 22.9 Å². The first-order valence-corrected chi connectivity index (χ1v) is 8.64. The molecule has 0 amide bonds. The minimum atomic E-state index is 0.222. The summed E-state index contributed by atoms with van der Waals surface area (Å²) < 4.78 is 5.79. The van der Waals surface area contributed by atoms with Gasteiger partial charge in [0.15, 0.2) is 0 Å². The maximum absolute atomic E-state index is 9.26. The van der Waals surface area contributed by atoms with Crippen LogP contribution in [0.3, 0.4) is 0 Å². The van der Waals surface area contributed by atoms with Crippen LogP contribution in [0, 0.1) is 22.7 Å². The van der Waals surface area contributed by atoms with E-state index in [0.29, 0.717) is 5.75 Å². The Morgan fingerprint density at radius 2 is 1.67 bits per heavy atom. The lowest BCUT2D eigenvalue weighted by atomic mass is 10.2. The van der Waals surface area contributed by atoms with Crippen LogP contribution in [-0.4, -0.2) is 18.1 Å². The van der Waals surface area contributed by atoms with E-state index in [9.17, 15) is 5.26 Å². The molecule has 0 aliphatic carbocycles. The highest BCUT2D eigenvalue weighted by Crippen LogP contribution is 2.32. The van der Waals surface area contributed by atoms with E-state index in [1.807, 2.05) is 59.5 Å². The molecule has 0 spiro atoms. The molecule has 1 heterocycles. The second-order valence-corrected chi connectivity index (χ2v) is 6.17. The molecular formula is C19H15N3OS. The maximum atomic E-state index is 9.26. The Balaban J connectivity index is 1.83. The Labute approximate surface area is 145 Å². The van der Waals surface area contributed by atoms with E-state index in [4.69, 9.17) is 10.00 Å². The maximum Gasteiger partial charge on any atom is 0.127 e. The zero-order chi connectivity index (χ0) is 16.8. The molecule has 0 saturated carbocycles. The minimum absolute atomic E-state index is 0.222. The van der Waals surface area contributed by atoms with E-state index in [-0.39, 0.29) is 6.54 Å². The van der Waals surface area contributed by atoms with Gasteiger partial charge in [-0.25, -0.2) is 0 Å². The van der Waals surface area contributed by atoms with Gasteiger partial charge in [0.05, 0.1) is 17.7 Å². The normalized spacial score (nSPS) is 13.2. The number of rotatable bonds is 5. The fourth-order valence-corrected chi connectivity index (χ4v) is 3.55. The van der Waals surface area contributed by atoms with Crippen molar-refractivity contribution in [2.45, 2.75) is 0 Å². The Morgan fingerprint density at radius 3 is 2.33 bits per heavy atom.